The van der Waals surface area contributed by atoms with Gasteiger partial charge in [-0.3, -0.25) is 15.0 Å². The first-order chi connectivity index (χ1) is 14.7. The zero-order valence-corrected chi connectivity index (χ0v) is 18.3. The lowest BCUT2D eigenvalue weighted by Crippen LogP contribution is -2.51. The fourth-order valence-electron chi connectivity index (χ4n) is 4.36. The number of hydrogen-bond donors (Lipinski definition) is 2. The van der Waals surface area contributed by atoms with Crippen LogP contribution in [0.25, 0.3) is 0 Å². The van der Waals surface area contributed by atoms with E-state index in [1.807, 2.05) is 11.9 Å². The largest absolute Gasteiger partial charge is 0.344 e. The summed E-state index contributed by atoms with van der Waals surface area (Å²) >= 11 is 0. The quantitative estimate of drug-likeness (QED) is 0.647. The molecule has 1 aromatic carbocycles. The van der Waals surface area contributed by atoms with Crippen LogP contribution in [0.15, 0.2) is 29.2 Å². The van der Waals surface area contributed by atoms with E-state index in [9.17, 15) is 22.8 Å². The Kier molecular flexibility index (Phi) is 5.75. The highest BCUT2D eigenvalue weighted by Gasteiger charge is 2.52. The zero-order valence-electron chi connectivity index (χ0n) is 17.5. The van der Waals surface area contributed by atoms with Gasteiger partial charge in [-0.15, -0.1) is 0 Å². The number of sulfonamides is 1. The number of nitrogens with one attached hydrogen (secondary N) is 2. The van der Waals surface area contributed by atoms with E-state index in [2.05, 4.69) is 10.7 Å². The van der Waals surface area contributed by atoms with Crippen LogP contribution in [0.2, 0.25) is 0 Å². The molecule has 168 valence electrons. The number of rotatable bonds is 4. The Balaban J connectivity index is 1.50. The molecular formula is C20H27N5O5S. The molecule has 0 radical (unpaired) electrons. The second kappa shape index (κ2) is 8.21. The van der Waals surface area contributed by atoms with Crippen molar-refractivity contribution in [3.63, 3.8) is 0 Å². The van der Waals surface area contributed by atoms with Crippen LogP contribution in [0, 0.1) is 0 Å². The standard InChI is InChI=1S/C20H27N5O5S/c1-23-10-12-24(13-11-23)31(29,30)16-7-5-6-15(14-16)17(26)22-25-18(27)20(21-19(25)28)8-3-2-4-9-20/h5-7,14H,2-4,8-13H2,1H3,(H,21,28)(H,22,26). The minimum absolute atomic E-state index is 0.00524. The number of piperazine rings is 1. The smallest absolute Gasteiger partial charge is 0.322 e. The van der Waals surface area contributed by atoms with Gasteiger partial charge in [-0.1, -0.05) is 25.3 Å². The predicted molar refractivity (Wildman–Crippen MR) is 111 cm³/mol. The van der Waals surface area contributed by atoms with Crippen molar-refractivity contribution in [3.05, 3.63) is 29.8 Å². The Bertz CT molecular complexity index is 997. The summed E-state index contributed by atoms with van der Waals surface area (Å²) in [5, 5.41) is 3.44. The van der Waals surface area contributed by atoms with Crippen LogP contribution in [0.4, 0.5) is 4.79 Å². The first-order valence-corrected chi connectivity index (χ1v) is 11.9. The molecule has 3 fully saturated rings. The third kappa shape index (κ3) is 4.04. The number of likely N-dealkylation sites (N-methyl/N-ethyl adjacent to an activating group) is 1. The highest BCUT2D eigenvalue weighted by Crippen LogP contribution is 2.33. The molecule has 0 unspecified atom stereocenters. The lowest BCUT2D eigenvalue weighted by Gasteiger charge is -2.31. The fraction of sp³-hybridized carbons (Fsp3) is 0.550. The van der Waals surface area contributed by atoms with Crippen LogP contribution < -0.4 is 10.7 Å². The molecule has 4 rings (SSSR count). The summed E-state index contributed by atoms with van der Waals surface area (Å²) in [4.78, 5) is 40.0. The summed E-state index contributed by atoms with van der Waals surface area (Å²) < 4.78 is 27.3. The molecule has 1 saturated carbocycles. The third-order valence-electron chi connectivity index (χ3n) is 6.28. The molecule has 3 aliphatic rings. The summed E-state index contributed by atoms with van der Waals surface area (Å²) in [7, 11) is -1.81. The second-order valence-corrected chi connectivity index (χ2v) is 10.3. The molecule has 2 saturated heterocycles. The van der Waals surface area contributed by atoms with Crippen molar-refractivity contribution in [1.82, 2.24) is 25.0 Å². The monoisotopic (exact) mass is 449 g/mol. The Morgan fingerprint density at radius 2 is 1.74 bits per heavy atom. The van der Waals surface area contributed by atoms with Gasteiger partial charge < -0.3 is 10.2 Å². The Morgan fingerprint density at radius 1 is 1.06 bits per heavy atom. The number of hydrogen-bond acceptors (Lipinski definition) is 6. The van der Waals surface area contributed by atoms with Crippen molar-refractivity contribution in [2.75, 3.05) is 33.2 Å². The second-order valence-electron chi connectivity index (χ2n) is 8.39. The molecular weight excluding hydrogens is 422 g/mol. The number of benzene rings is 1. The number of amides is 4. The molecule has 2 heterocycles. The van der Waals surface area contributed by atoms with Gasteiger partial charge in [0.1, 0.15) is 5.54 Å². The molecule has 2 N–H and O–H groups in total. The minimum Gasteiger partial charge on any atom is -0.322 e. The van der Waals surface area contributed by atoms with Crippen molar-refractivity contribution in [3.8, 4) is 0 Å². The average molecular weight is 450 g/mol. The minimum atomic E-state index is -3.75. The summed E-state index contributed by atoms with van der Waals surface area (Å²) in [6.45, 7) is 2.01. The Labute approximate surface area is 181 Å². The summed E-state index contributed by atoms with van der Waals surface area (Å²) in [6, 6.07) is 4.98. The van der Waals surface area contributed by atoms with E-state index in [-0.39, 0.29) is 10.5 Å². The summed E-state index contributed by atoms with van der Waals surface area (Å²) in [5.41, 5.74) is 1.45. The first kappa shape index (κ1) is 21.7. The maximum atomic E-state index is 13.0. The number of urea groups is 1. The van der Waals surface area contributed by atoms with E-state index in [4.69, 9.17) is 0 Å². The maximum absolute atomic E-state index is 13.0. The van der Waals surface area contributed by atoms with Gasteiger partial charge in [0.15, 0.2) is 0 Å². The molecule has 10 nitrogen and oxygen atoms in total. The van der Waals surface area contributed by atoms with E-state index < -0.39 is 33.4 Å². The molecule has 1 aromatic rings. The first-order valence-electron chi connectivity index (χ1n) is 10.5. The zero-order chi connectivity index (χ0) is 22.2. The van der Waals surface area contributed by atoms with Crippen LogP contribution in [0.5, 0.6) is 0 Å². The number of hydrazine groups is 1. The van der Waals surface area contributed by atoms with Crippen molar-refractivity contribution in [2.45, 2.75) is 42.5 Å². The van der Waals surface area contributed by atoms with Gasteiger partial charge in [-0.25, -0.2) is 13.2 Å². The van der Waals surface area contributed by atoms with E-state index in [1.165, 1.54) is 28.6 Å². The maximum Gasteiger partial charge on any atom is 0.344 e. The molecule has 11 heteroatoms. The highest BCUT2D eigenvalue weighted by molar-refractivity contribution is 7.89. The molecule has 1 aliphatic carbocycles. The number of carbonyl (C=O) groups excluding carboxylic acids is 3. The van der Waals surface area contributed by atoms with E-state index >= 15 is 0 Å². The molecule has 31 heavy (non-hydrogen) atoms. The van der Waals surface area contributed by atoms with Crippen molar-refractivity contribution >= 4 is 27.9 Å². The molecule has 1 spiro atoms. The summed E-state index contributed by atoms with van der Waals surface area (Å²) in [6.07, 6.45) is 3.76. The van der Waals surface area contributed by atoms with Crippen molar-refractivity contribution < 1.29 is 22.8 Å². The van der Waals surface area contributed by atoms with Crippen LogP contribution in [0.3, 0.4) is 0 Å². The van der Waals surface area contributed by atoms with Gasteiger partial charge in [-0.2, -0.15) is 9.31 Å². The van der Waals surface area contributed by atoms with E-state index in [1.54, 1.807) is 0 Å². The molecule has 2 aliphatic heterocycles. The van der Waals surface area contributed by atoms with Gasteiger partial charge in [0.05, 0.1) is 4.90 Å². The topological polar surface area (TPSA) is 119 Å². The van der Waals surface area contributed by atoms with Crippen molar-refractivity contribution in [1.29, 1.82) is 0 Å². The lowest BCUT2D eigenvalue weighted by atomic mass is 9.82. The van der Waals surface area contributed by atoms with Crippen LogP contribution in [-0.2, 0) is 14.8 Å². The number of imide groups is 1. The number of carbonyl (C=O) groups is 3. The SMILES string of the molecule is CN1CCN(S(=O)(=O)c2cccc(C(=O)NN3C(=O)NC4(CCCCC4)C3=O)c2)CC1. The van der Waals surface area contributed by atoms with Crippen LogP contribution in [-0.4, -0.2) is 79.2 Å². The van der Waals surface area contributed by atoms with Crippen LogP contribution >= 0.6 is 0 Å². The average Bonchev–Trinajstić information content (AvgIpc) is 2.98. The molecule has 0 aromatic heterocycles. The van der Waals surface area contributed by atoms with Gasteiger partial charge in [0.2, 0.25) is 10.0 Å². The Morgan fingerprint density at radius 3 is 2.42 bits per heavy atom. The van der Waals surface area contributed by atoms with Gasteiger partial charge in [0.25, 0.3) is 11.8 Å². The van der Waals surface area contributed by atoms with Gasteiger partial charge >= 0.3 is 6.03 Å². The van der Waals surface area contributed by atoms with Crippen molar-refractivity contribution in [2.24, 2.45) is 0 Å². The van der Waals surface area contributed by atoms with Crippen LogP contribution in [0.1, 0.15) is 42.5 Å². The summed E-state index contributed by atoms with van der Waals surface area (Å²) in [5.74, 6) is -1.18. The highest BCUT2D eigenvalue weighted by atomic mass is 32.2. The molecule has 0 bridgehead atoms. The molecule has 4 amide bonds. The molecule has 0 atom stereocenters. The van der Waals surface area contributed by atoms with Gasteiger partial charge in [-0.05, 0) is 38.1 Å². The fourth-order valence-corrected chi connectivity index (χ4v) is 5.83. The van der Waals surface area contributed by atoms with E-state index in [0.29, 0.717) is 39.0 Å². The predicted octanol–water partition coefficient (Wildman–Crippen LogP) is 0.522. The third-order valence-corrected chi connectivity index (χ3v) is 8.17. The normalized spacial score (nSPS) is 22.5. The van der Waals surface area contributed by atoms with E-state index in [0.717, 1.165) is 24.3 Å². The van der Waals surface area contributed by atoms with Gasteiger partial charge in [0, 0.05) is 31.7 Å². The Hall–Kier alpha value is -2.50. The number of nitrogens with zero attached hydrogens (tertiary/aromatic N) is 3. The lowest BCUT2D eigenvalue weighted by molar-refractivity contribution is -0.134.